The third kappa shape index (κ3) is 5.80. The summed E-state index contributed by atoms with van der Waals surface area (Å²) in [5.41, 5.74) is 2.60. The van der Waals surface area contributed by atoms with E-state index in [0.717, 1.165) is 36.8 Å². The molecule has 0 saturated carbocycles. The average molecular weight is 494 g/mol. The number of alkyl halides is 3. The molecule has 2 saturated heterocycles. The number of hydrogen-bond acceptors (Lipinski definition) is 6. The van der Waals surface area contributed by atoms with Crippen molar-refractivity contribution in [2.24, 2.45) is 0 Å². The molecule has 2 aliphatic rings. The minimum absolute atomic E-state index is 0.0554. The van der Waals surface area contributed by atoms with Crippen molar-refractivity contribution in [3.05, 3.63) is 48.3 Å². The highest BCUT2D eigenvalue weighted by atomic mass is 19.4. The number of fused-ring (bicyclic) bond motifs is 1. The Morgan fingerprint density at radius 3 is 2.43 bits per heavy atom. The monoisotopic (exact) mass is 494 g/mol. The standard InChI is InChI=1S/C20H24N6O2.C2HF3O2/c27-19(24-9-11-28-12-10-24)17-14-25(15-21-17)20-22-16(13-23-6-3-4-7-23)18-5-1-2-8-26(18)20;3-2(4,5)1(6)7/h1-2,5,8,14-15H,3-4,6-7,9-13H2;(H,6,7). The Morgan fingerprint density at radius 2 is 1.77 bits per heavy atom. The van der Waals surface area contributed by atoms with Gasteiger partial charge in [0.2, 0.25) is 5.95 Å². The first kappa shape index (κ1) is 24.7. The van der Waals surface area contributed by atoms with Crippen LogP contribution in [0.5, 0.6) is 0 Å². The van der Waals surface area contributed by atoms with E-state index < -0.39 is 12.1 Å². The van der Waals surface area contributed by atoms with Crippen molar-refractivity contribution in [2.75, 3.05) is 39.4 Å². The summed E-state index contributed by atoms with van der Waals surface area (Å²) in [6, 6.07) is 6.13. The van der Waals surface area contributed by atoms with Crippen molar-refractivity contribution in [2.45, 2.75) is 25.6 Å². The second kappa shape index (κ2) is 10.4. The molecule has 0 unspecified atom stereocenters. The van der Waals surface area contributed by atoms with Gasteiger partial charge in [0.25, 0.3) is 5.91 Å². The SMILES string of the molecule is O=C(O)C(F)(F)F.O=C(c1cn(-c2nc(CN3CCCC3)c3ccccn23)cn1)N1CCOCC1. The summed E-state index contributed by atoms with van der Waals surface area (Å²) in [7, 11) is 0. The fourth-order valence-electron chi connectivity index (χ4n) is 4.01. The molecular weight excluding hydrogens is 469 g/mol. The molecule has 2 fully saturated rings. The molecule has 5 heterocycles. The number of nitrogens with zero attached hydrogens (tertiary/aromatic N) is 6. The van der Waals surface area contributed by atoms with Crippen LogP contribution in [0, 0.1) is 0 Å². The highest BCUT2D eigenvalue weighted by molar-refractivity contribution is 5.92. The van der Waals surface area contributed by atoms with Crippen LogP contribution in [0.4, 0.5) is 13.2 Å². The fraction of sp³-hybridized carbons (Fsp3) is 0.455. The zero-order valence-electron chi connectivity index (χ0n) is 18.8. The normalized spacial score (nSPS) is 16.8. The molecule has 188 valence electrons. The van der Waals surface area contributed by atoms with Gasteiger partial charge >= 0.3 is 12.1 Å². The van der Waals surface area contributed by atoms with Gasteiger partial charge in [0.05, 0.1) is 24.4 Å². The van der Waals surface area contributed by atoms with Crippen molar-refractivity contribution in [1.82, 2.24) is 28.7 Å². The van der Waals surface area contributed by atoms with Gasteiger partial charge in [0, 0.05) is 32.0 Å². The van der Waals surface area contributed by atoms with Gasteiger partial charge in [-0.3, -0.25) is 18.7 Å². The van der Waals surface area contributed by atoms with Gasteiger partial charge in [-0.1, -0.05) is 6.07 Å². The maximum atomic E-state index is 12.7. The second-order valence-electron chi connectivity index (χ2n) is 8.17. The van der Waals surface area contributed by atoms with Gasteiger partial charge in [-0.15, -0.1) is 0 Å². The van der Waals surface area contributed by atoms with E-state index >= 15 is 0 Å². The first-order valence-corrected chi connectivity index (χ1v) is 11.1. The molecule has 0 atom stereocenters. The van der Waals surface area contributed by atoms with Crippen molar-refractivity contribution in [3.8, 4) is 5.95 Å². The fourth-order valence-corrected chi connectivity index (χ4v) is 4.01. The van der Waals surface area contributed by atoms with Crippen molar-refractivity contribution in [1.29, 1.82) is 0 Å². The molecule has 13 heteroatoms. The number of carboxylic acid groups (broad SMARTS) is 1. The number of ether oxygens (including phenoxy) is 1. The maximum absolute atomic E-state index is 12.7. The maximum Gasteiger partial charge on any atom is 0.490 e. The lowest BCUT2D eigenvalue weighted by Gasteiger charge is -2.25. The molecule has 0 aromatic carbocycles. The number of likely N-dealkylation sites (tertiary alicyclic amines) is 1. The number of aliphatic carboxylic acids is 1. The first-order chi connectivity index (χ1) is 16.7. The van der Waals surface area contributed by atoms with Crippen LogP contribution in [0.2, 0.25) is 0 Å². The molecule has 0 radical (unpaired) electrons. The topological polar surface area (TPSA) is 105 Å². The van der Waals surface area contributed by atoms with Gasteiger partial charge in [-0.05, 0) is 38.1 Å². The second-order valence-corrected chi connectivity index (χ2v) is 8.17. The zero-order chi connectivity index (χ0) is 25.0. The summed E-state index contributed by atoms with van der Waals surface area (Å²) in [6.45, 7) is 5.49. The number of morpholine rings is 1. The number of hydrogen-bond donors (Lipinski definition) is 1. The number of imidazole rings is 2. The number of amides is 1. The van der Waals surface area contributed by atoms with E-state index in [4.69, 9.17) is 19.6 Å². The van der Waals surface area contributed by atoms with Gasteiger partial charge in [-0.2, -0.15) is 13.2 Å². The predicted octanol–water partition coefficient (Wildman–Crippen LogP) is 2.22. The highest BCUT2D eigenvalue weighted by Crippen LogP contribution is 2.20. The third-order valence-corrected chi connectivity index (χ3v) is 5.75. The molecule has 3 aromatic heterocycles. The summed E-state index contributed by atoms with van der Waals surface area (Å²) in [5.74, 6) is -2.05. The Labute approximate surface area is 198 Å². The summed E-state index contributed by atoms with van der Waals surface area (Å²) in [4.78, 5) is 35.1. The van der Waals surface area contributed by atoms with E-state index in [1.807, 2.05) is 22.9 Å². The quantitative estimate of drug-likeness (QED) is 0.593. The third-order valence-electron chi connectivity index (χ3n) is 5.75. The molecule has 5 rings (SSSR count). The van der Waals surface area contributed by atoms with Crippen molar-refractivity contribution in [3.63, 3.8) is 0 Å². The van der Waals surface area contributed by atoms with Gasteiger partial charge in [0.15, 0.2) is 0 Å². The van der Waals surface area contributed by atoms with Crippen LogP contribution in [0.3, 0.4) is 0 Å². The molecule has 0 aliphatic carbocycles. The number of aromatic nitrogens is 4. The predicted molar refractivity (Wildman–Crippen MR) is 117 cm³/mol. The summed E-state index contributed by atoms with van der Waals surface area (Å²) < 4.78 is 41.0. The Morgan fingerprint density at radius 1 is 1.09 bits per heavy atom. The van der Waals surface area contributed by atoms with E-state index in [1.165, 1.54) is 12.8 Å². The van der Waals surface area contributed by atoms with E-state index in [1.54, 1.807) is 17.4 Å². The minimum Gasteiger partial charge on any atom is -0.475 e. The van der Waals surface area contributed by atoms with Crippen LogP contribution in [-0.4, -0.2) is 91.3 Å². The summed E-state index contributed by atoms with van der Waals surface area (Å²) >= 11 is 0. The van der Waals surface area contributed by atoms with Crippen molar-refractivity contribution >= 4 is 17.4 Å². The Balaban J connectivity index is 0.000000364. The number of pyridine rings is 1. The summed E-state index contributed by atoms with van der Waals surface area (Å²) in [5, 5.41) is 7.12. The lowest BCUT2D eigenvalue weighted by atomic mass is 10.3. The number of carbonyl (C=O) groups excluding carboxylic acids is 1. The van der Waals surface area contributed by atoms with Crippen LogP contribution >= 0.6 is 0 Å². The smallest absolute Gasteiger partial charge is 0.475 e. The van der Waals surface area contributed by atoms with Crippen LogP contribution < -0.4 is 0 Å². The Hall–Kier alpha value is -3.45. The lowest BCUT2D eigenvalue weighted by molar-refractivity contribution is -0.192. The largest absolute Gasteiger partial charge is 0.490 e. The molecule has 0 bridgehead atoms. The average Bonchev–Trinajstić information content (AvgIpc) is 3.60. The van der Waals surface area contributed by atoms with Crippen LogP contribution in [0.25, 0.3) is 11.5 Å². The molecule has 1 N–H and O–H groups in total. The van der Waals surface area contributed by atoms with Crippen molar-refractivity contribution < 1.29 is 32.6 Å². The molecule has 35 heavy (non-hydrogen) atoms. The molecule has 10 nitrogen and oxygen atoms in total. The highest BCUT2D eigenvalue weighted by Gasteiger charge is 2.38. The van der Waals surface area contributed by atoms with E-state index in [0.29, 0.717) is 32.0 Å². The zero-order valence-corrected chi connectivity index (χ0v) is 18.8. The molecule has 0 spiro atoms. The van der Waals surface area contributed by atoms with Crippen LogP contribution in [0.1, 0.15) is 29.0 Å². The van der Waals surface area contributed by atoms with Crippen LogP contribution in [0.15, 0.2) is 36.9 Å². The number of rotatable bonds is 4. The number of carbonyl (C=O) groups is 2. The van der Waals surface area contributed by atoms with Gasteiger partial charge < -0.3 is 14.7 Å². The molecule has 1 amide bonds. The Bertz CT molecular complexity index is 1180. The molecule has 3 aromatic rings. The van der Waals surface area contributed by atoms with E-state index in [2.05, 4.69) is 20.4 Å². The van der Waals surface area contributed by atoms with Gasteiger partial charge in [0.1, 0.15) is 12.0 Å². The molecule has 2 aliphatic heterocycles. The first-order valence-electron chi connectivity index (χ1n) is 11.1. The Kier molecular flexibility index (Phi) is 7.36. The van der Waals surface area contributed by atoms with Gasteiger partial charge in [-0.25, -0.2) is 14.8 Å². The number of carboxylic acids is 1. The van der Waals surface area contributed by atoms with E-state index in [9.17, 15) is 18.0 Å². The van der Waals surface area contributed by atoms with Crippen LogP contribution in [-0.2, 0) is 16.1 Å². The number of halogens is 3. The minimum atomic E-state index is -5.08. The molecular formula is C22H25F3N6O4. The summed E-state index contributed by atoms with van der Waals surface area (Å²) in [6.07, 6.45) is 2.89. The lowest BCUT2D eigenvalue weighted by Crippen LogP contribution is -2.40. The van der Waals surface area contributed by atoms with E-state index in [-0.39, 0.29) is 5.91 Å².